The van der Waals surface area contributed by atoms with Crippen molar-refractivity contribution < 1.29 is 4.79 Å². The van der Waals surface area contributed by atoms with Crippen LogP contribution in [0.15, 0.2) is 30.3 Å². The molecule has 0 bridgehead atoms. The third-order valence-corrected chi connectivity index (χ3v) is 3.67. The van der Waals surface area contributed by atoms with Crippen LogP contribution < -0.4 is 10.2 Å². The molecule has 1 heterocycles. The monoisotopic (exact) mass is 261 g/mol. The minimum Gasteiger partial charge on any atom is -0.368 e. The van der Waals surface area contributed by atoms with E-state index in [4.69, 9.17) is 0 Å². The molecule has 1 aliphatic heterocycles. The van der Waals surface area contributed by atoms with Gasteiger partial charge in [0, 0.05) is 37.9 Å². The molecule has 0 radical (unpaired) electrons. The van der Waals surface area contributed by atoms with E-state index in [0.717, 1.165) is 32.6 Å². The number of para-hydroxylation sites is 1. The van der Waals surface area contributed by atoms with E-state index in [1.54, 1.807) is 0 Å². The van der Waals surface area contributed by atoms with Gasteiger partial charge in [0.15, 0.2) is 0 Å². The minimum absolute atomic E-state index is 0.0714. The Morgan fingerprint density at radius 3 is 2.42 bits per heavy atom. The third kappa shape index (κ3) is 3.63. The van der Waals surface area contributed by atoms with Crippen molar-refractivity contribution in [2.24, 2.45) is 0 Å². The lowest BCUT2D eigenvalue weighted by atomic mass is 10.2. The Bertz CT molecular complexity index is 399. The lowest BCUT2D eigenvalue weighted by Gasteiger charge is -2.36. The molecule has 0 unspecified atom stereocenters. The highest BCUT2D eigenvalue weighted by Crippen LogP contribution is 2.15. The smallest absolute Gasteiger partial charge is 0.317 e. The van der Waals surface area contributed by atoms with Crippen molar-refractivity contribution in [3.05, 3.63) is 30.3 Å². The molecule has 1 aromatic rings. The maximum absolute atomic E-state index is 12.0. The molecule has 0 spiro atoms. The van der Waals surface area contributed by atoms with Crippen molar-refractivity contribution in [2.45, 2.75) is 26.3 Å². The molecule has 1 aliphatic rings. The van der Waals surface area contributed by atoms with Crippen LogP contribution in [0.3, 0.4) is 0 Å². The zero-order valence-corrected chi connectivity index (χ0v) is 11.8. The number of nitrogens with zero attached hydrogens (tertiary/aromatic N) is 2. The van der Waals surface area contributed by atoms with Gasteiger partial charge in [-0.2, -0.15) is 0 Å². The van der Waals surface area contributed by atoms with E-state index in [9.17, 15) is 4.79 Å². The van der Waals surface area contributed by atoms with E-state index >= 15 is 0 Å². The molecule has 1 saturated heterocycles. The lowest BCUT2D eigenvalue weighted by molar-refractivity contribution is 0.191. The van der Waals surface area contributed by atoms with E-state index in [-0.39, 0.29) is 12.1 Å². The topological polar surface area (TPSA) is 35.6 Å². The summed E-state index contributed by atoms with van der Waals surface area (Å²) >= 11 is 0. The predicted molar refractivity (Wildman–Crippen MR) is 78.5 cm³/mol. The van der Waals surface area contributed by atoms with Crippen LogP contribution in [-0.2, 0) is 0 Å². The number of hydrogen-bond acceptors (Lipinski definition) is 2. The average molecular weight is 261 g/mol. The molecule has 2 rings (SSSR count). The van der Waals surface area contributed by atoms with Crippen LogP contribution in [0.25, 0.3) is 0 Å². The molecule has 0 saturated carbocycles. The van der Waals surface area contributed by atoms with E-state index in [1.165, 1.54) is 5.69 Å². The van der Waals surface area contributed by atoms with Crippen LogP contribution in [0.1, 0.15) is 20.3 Å². The van der Waals surface area contributed by atoms with E-state index in [1.807, 2.05) is 17.9 Å². The van der Waals surface area contributed by atoms with Crippen molar-refractivity contribution in [3.63, 3.8) is 0 Å². The fourth-order valence-electron chi connectivity index (χ4n) is 2.21. The molecular formula is C15H23N3O. The molecule has 4 nitrogen and oxygen atoms in total. The largest absolute Gasteiger partial charge is 0.368 e. The molecule has 1 atom stereocenters. The number of piperazine rings is 1. The normalized spacial score (nSPS) is 17.2. The molecule has 0 aliphatic carbocycles. The molecule has 104 valence electrons. The fraction of sp³-hybridized carbons (Fsp3) is 0.533. The van der Waals surface area contributed by atoms with Crippen molar-refractivity contribution >= 4 is 11.7 Å². The summed E-state index contributed by atoms with van der Waals surface area (Å²) in [6.45, 7) is 7.50. The van der Waals surface area contributed by atoms with Crippen molar-refractivity contribution in [2.75, 3.05) is 31.1 Å². The summed E-state index contributed by atoms with van der Waals surface area (Å²) in [5.41, 5.74) is 1.24. The van der Waals surface area contributed by atoms with Gasteiger partial charge in [-0.1, -0.05) is 25.1 Å². The third-order valence-electron chi connectivity index (χ3n) is 3.67. The van der Waals surface area contributed by atoms with Crippen molar-refractivity contribution in [1.29, 1.82) is 0 Å². The molecule has 1 aromatic carbocycles. The Hall–Kier alpha value is -1.71. The first kappa shape index (κ1) is 13.7. The highest BCUT2D eigenvalue weighted by Gasteiger charge is 2.21. The summed E-state index contributed by atoms with van der Waals surface area (Å²) in [6, 6.07) is 10.7. The van der Waals surface area contributed by atoms with Gasteiger partial charge in [-0.25, -0.2) is 4.79 Å². The predicted octanol–water partition coefficient (Wildman–Crippen LogP) is 2.32. The van der Waals surface area contributed by atoms with Crippen molar-refractivity contribution in [1.82, 2.24) is 10.2 Å². The SMILES string of the molecule is CC[C@H](C)NC(=O)N1CCN(c2ccccc2)CC1. The van der Waals surface area contributed by atoms with Gasteiger partial charge < -0.3 is 15.1 Å². The van der Waals surface area contributed by atoms with Crippen LogP contribution in [0, 0.1) is 0 Å². The Balaban J connectivity index is 1.84. The average Bonchev–Trinajstić information content (AvgIpc) is 2.48. The molecule has 1 fully saturated rings. The van der Waals surface area contributed by atoms with Gasteiger partial charge in [-0.05, 0) is 25.5 Å². The highest BCUT2D eigenvalue weighted by molar-refractivity contribution is 5.74. The minimum atomic E-state index is 0.0714. The van der Waals surface area contributed by atoms with Gasteiger partial charge in [-0.3, -0.25) is 0 Å². The van der Waals surface area contributed by atoms with Gasteiger partial charge in [0.05, 0.1) is 0 Å². The second-order valence-electron chi connectivity index (χ2n) is 5.07. The number of amides is 2. The molecular weight excluding hydrogens is 238 g/mol. The number of carbonyl (C=O) groups is 1. The van der Waals surface area contributed by atoms with E-state index in [2.05, 4.69) is 41.4 Å². The standard InChI is InChI=1S/C15H23N3O/c1-3-13(2)16-15(19)18-11-9-17(10-12-18)14-7-5-4-6-8-14/h4-8,13H,3,9-12H2,1-2H3,(H,16,19)/t13-/m0/s1. The fourth-order valence-corrected chi connectivity index (χ4v) is 2.21. The molecule has 4 heteroatoms. The Labute approximate surface area is 115 Å². The summed E-state index contributed by atoms with van der Waals surface area (Å²) < 4.78 is 0. The molecule has 19 heavy (non-hydrogen) atoms. The zero-order valence-electron chi connectivity index (χ0n) is 11.8. The Morgan fingerprint density at radius 2 is 1.84 bits per heavy atom. The van der Waals surface area contributed by atoms with Gasteiger partial charge in [-0.15, -0.1) is 0 Å². The Morgan fingerprint density at radius 1 is 1.21 bits per heavy atom. The number of anilines is 1. The summed E-state index contributed by atoms with van der Waals surface area (Å²) in [4.78, 5) is 16.2. The zero-order chi connectivity index (χ0) is 13.7. The second-order valence-corrected chi connectivity index (χ2v) is 5.07. The van der Waals surface area contributed by atoms with Crippen LogP contribution >= 0.6 is 0 Å². The van der Waals surface area contributed by atoms with Gasteiger partial charge >= 0.3 is 6.03 Å². The first-order valence-corrected chi connectivity index (χ1v) is 7.06. The summed E-state index contributed by atoms with van der Waals surface area (Å²) in [5.74, 6) is 0. The number of benzene rings is 1. The Kier molecular flexibility index (Phi) is 4.66. The maximum atomic E-state index is 12.0. The quantitative estimate of drug-likeness (QED) is 0.906. The number of carbonyl (C=O) groups excluding carboxylic acids is 1. The number of nitrogens with one attached hydrogen (secondary N) is 1. The van der Waals surface area contributed by atoms with Crippen LogP contribution in [0.2, 0.25) is 0 Å². The first-order chi connectivity index (χ1) is 9.20. The van der Waals surface area contributed by atoms with Crippen LogP contribution in [-0.4, -0.2) is 43.2 Å². The van der Waals surface area contributed by atoms with Gasteiger partial charge in [0.25, 0.3) is 0 Å². The number of urea groups is 1. The summed E-state index contributed by atoms with van der Waals surface area (Å²) in [7, 11) is 0. The van der Waals surface area contributed by atoms with Crippen molar-refractivity contribution in [3.8, 4) is 0 Å². The molecule has 0 aromatic heterocycles. The first-order valence-electron chi connectivity index (χ1n) is 7.06. The van der Waals surface area contributed by atoms with Gasteiger partial charge in [0.2, 0.25) is 0 Å². The van der Waals surface area contributed by atoms with Crippen LogP contribution in [0.4, 0.5) is 10.5 Å². The summed E-state index contributed by atoms with van der Waals surface area (Å²) in [6.07, 6.45) is 0.968. The maximum Gasteiger partial charge on any atom is 0.317 e. The van der Waals surface area contributed by atoms with Gasteiger partial charge in [0.1, 0.15) is 0 Å². The van der Waals surface area contributed by atoms with E-state index < -0.39 is 0 Å². The van der Waals surface area contributed by atoms with E-state index in [0.29, 0.717) is 0 Å². The summed E-state index contributed by atoms with van der Waals surface area (Å²) in [5, 5.41) is 3.02. The molecule has 2 amide bonds. The second kappa shape index (κ2) is 6.45. The van der Waals surface area contributed by atoms with Crippen LogP contribution in [0.5, 0.6) is 0 Å². The highest BCUT2D eigenvalue weighted by atomic mass is 16.2. The number of rotatable bonds is 3. The number of hydrogen-bond donors (Lipinski definition) is 1. The molecule has 1 N–H and O–H groups in total. The lowest BCUT2D eigenvalue weighted by Crippen LogP contribution is -2.53.